The molecule has 1 aromatic carbocycles. The molecule has 0 aliphatic carbocycles. The number of hydrogen-bond donors (Lipinski definition) is 1. The van der Waals surface area contributed by atoms with Crippen LogP contribution in [-0.4, -0.2) is 0 Å². The van der Waals surface area contributed by atoms with Gasteiger partial charge < -0.3 is 0 Å². The van der Waals surface area contributed by atoms with Crippen LogP contribution in [0, 0.1) is 0 Å². The molecule has 1 aromatic rings. The molecule has 0 aromatic heterocycles. The lowest BCUT2D eigenvalue weighted by molar-refractivity contribution is -0.137. The predicted octanol–water partition coefficient (Wildman–Crippen LogP) is 4.30. The molecule has 0 atom stereocenters. The second kappa shape index (κ2) is 4.02. The van der Waals surface area contributed by atoms with Gasteiger partial charge in [0, 0.05) is 4.90 Å². The Labute approximate surface area is 87.3 Å². The molecule has 1 rings (SSSR count). The van der Waals surface area contributed by atoms with Crippen molar-refractivity contribution in [2.75, 3.05) is 0 Å². The zero-order chi connectivity index (χ0) is 10.1. The van der Waals surface area contributed by atoms with Gasteiger partial charge in [0.1, 0.15) is 0 Å². The number of rotatable bonds is 1. The molecule has 13 heavy (non-hydrogen) atoms. The van der Waals surface area contributed by atoms with E-state index in [4.69, 9.17) is 11.6 Å². The fourth-order valence-electron chi connectivity index (χ4n) is 0.751. The van der Waals surface area contributed by atoms with Gasteiger partial charge in [-0.3, -0.25) is 0 Å². The quantitative estimate of drug-likeness (QED) is 0.568. The van der Waals surface area contributed by atoms with E-state index in [9.17, 15) is 13.2 Å². The van der Waals surface area contributed by atoms with Crippen LogP contribution in [0.15, 0.2) is 23.1 Å². The van der Waals surface area contributed by atoms with Crippen molar-refractivity contribution in [1.29, 1.82) is 0 Å². The highest BCUT2D eigenvalue weighted by molar-refractivity contribution is 8.68. The van der Waals surface area contributed by atoms with Crippen molar-refractivity contribution in [3.63, 3.8) is 0 Å². The standard InChI is InChI=1S/C7H4ClF3S2/c8-5-3-4(7(9,10)11)1-2-6(5)13-12/h1-3,12H. The number of thiol groups is 1. The summed E-state index contributed by atoms with van der Waals surface area (Å²) in [7, 11) is 1.01. The van der Waals surface area contributed by atoms with Crippen molar-refractivity contribution >= 4 is 34.1 Å². The normalized spacial score (nSPS) is 11.8. The second-order valence-corrected chi connectivity index (χ2v) is 3.81. The van der Waals surface area contributed by atoms with Gasteiger partial charge >= 0.3 is 6.18 Å². The molecule has 0 unspecified atom stereocenters. The SMILES string of the molecule is FC(F)(F)c1ccc(SS)c(Cl)c1. The maximum absolute atomic E-state index is 12.1. The Hall–Kier alpha value is -0.000000000000000167. The van der Waals surface area contributed by atoms with E-state index in [1.54, 1.807) is 0 Å². The van der Waals surface area contributed by atoms with Gasteiger partial charge in [-0.2, -0.15) is 13.2 Å². The minimum Gasteiger partial charge on any atom is -0.166 e. The summed E-state index contributed by atoms with van der Waals surface area (Å²) in [5.74, 6) is 0. The van der Waals surface area contributed by atoms with Gasteiger partial charge in [0.25, 0.3) is 0 Å². The molecule has 0 amide bonds. The molecule has 0 saturated carbocycles. The summed E-state index contributed by atoms with van der Waals surface area (Å²) in [6, 6.07) is 3.16. The summed E-state index contributed by atoms with van der Waals surface area (Å²) in [6.45, 7) is 0. The Balaban J connectivity index is 3.10. The van der Waals surface area contributed by atoms with E-state index < -0.39 is 11.7 Å². The van der Waals surface area contributed by atoms with E-state index in [0.717, 1.165) is 22.9 Å². The average Bonchev–Trinajstić information content (AvgIpc) is 2.02. The Morgan fingerprint density at radius 2 is 1.92 bits per heavy atom. The molecule has 0 heterocycles. The first-order valence-electron chi connectivity index (χ1n) is 3.13. The first-order valence-corrected chi connectivity index (χ1v) is 5.38. The van der Waals surface area contributed by atoms with E-state index >= 15 is 0 Å². The Morgan fingerprint density at radius 3 is 2.31 bits per heavy atom. The molecule has 0 aliphatic rings. The van der Waals surface area contributed by atoms with Gasteiger partial charge in [0.2, 0.25) is 0 Å². The predicted molar refractivity (Wildman–Crippen MR) is 51.3 cm³/mol. The number of alkyl halides is 3. The van der Waals surface area contributed by atoms with E-state index in [1.165, 1.54) is 6.07 Å². The lowest BCUT2D eigenvalue weighted by Gasteiger charge is -2.07. The molecule has 6 heteroatoms. The van der Waals surface area contributed by atoms with Crippen LogP contribution in [0.4, 0.5) is 13.2 Å². The third kappa shape index (κ3) is 2.72. The average molecular weight is 245 g/mol. The maximum Gasteiger partial charge on any atom is 0.416 e. The minimum absolute atomic E-state index is 0.0647. The lowest BCUT2D eigenvalue weighted by atomic mass is 10.2. The van der Waals surface area contributed by atoms with E-state index in [2.05, 4.69) is 11.7 Å². The molecular formula is C7H4ClF3S2. The Bertz CT molecular complexity index is 311. The van der Waals surface area contributed by atoms with E-state index in [1.807, 2.05) is 0 Å². The number of hydrogen-bond acceptors (Lipinski definition) is 2. The molecule has 0 fully saturated rings. The van der Waals surface area contributed by atoms with Gasteiger partial charge in [0.05, 0.1) is 10.6 Å². The molecule has 0 aliphatic heterocycles. The molecule has 0 bridgehead atoms. The monoisotopic (exact) mass is 244 g/mol. The lowest BCUT2D eigenvalue weighted by Crippen LogP contribution is -2.04. The van der Waals surface area contributed by atoms with Crippen LogP contribution in [0.25, 0.3) is 0 Å². The molecule has 0 saturated heterocycles. The van der Waals surface area contributed by atoms with Crippen molar-refractivity contribution in [3.8, 4) is 0 Å². The highest BCUT2D eigenvalue weighted by atomic mass is 35.5. The topological polar surface area (TPSA) is 0 Å². The van der Waals surface area contributed by atoms with E-state index in [0.29, 0.717) is 4.90 Å². The molecular weight excluding hydrogens is 241 g/mol. The highest BCUT2D eigenvalue weighted by Gasteiger charge is 2.30. The first-order chi connectivity index (χ1) is 5.95. The molecule has 0 N–H and O–H groups in total. The van der Waals surface area contributed by atoms with Crippen LogP contribution in [-0.2, 0) is 6.18 Å². The summed E-state index contributed by atoms with van der Waals surface area (Å²) >= 11 is 9.40. The third-order valence-corrected chi connectivity index (χ3v) is 2.93. The Kier molecular flexibility index (Phi) is 3.43. The zero-order valence-electron chi connectivity index (χ0n) is 6.10. The Morgan fingerprint density at radius 1 is 1.31 bits per heavy atom. The molecule has 0 radical (unpaired) electrons. The summed E-state index contributed by atoms with van der Waals surface area (Å²) in [5.41, 5.74) is -0.747. The van der Waals surface area contributed by atoms with Crippen LogP contribution < -0.4 is 0 Å². The molecule has 72 valence electrons. The molecule has 0 spiro atoms. The fraction of sp³-hybridized carbons (Fsp3) is 0.143. The second-order valence-electron chi connectivity index (χ2n) is 2.23. The summed E-state index contributed by atoms with van der Waals surface area (Å²) < 4.78 is 36.4. The summed E-state index contributed by atoms with van der Waals surface area (Å²) in [4.78, 5) is 0.512. The minimum atomic E-state index is -4.34. The zero-order valence-corrected chi connectivity index (χ0v) is 8.57. The van der Waals surface area contributed by atoms with Gasteiger partial charge in [-0.05, 0) is 18.2 Å². The summed E-state index contributed by atoms with van der Waals surface area (Å²) in [6.07, 6.45) is -4.34. The van der Waals surface area contributed by atoms with Crippen molar-refractivity contribution in [3.05, 3.63) is 28.8 Å². The van der Waals surface area contributed by atoms with Crippen LogP contribution >= 0.6 is 34.1 Å². The van der Waals surface area contributed by atoms with Gasteiger partial charge in [0.15, 0.2) is 0 Å². The van der Waals surface area contributed by atoms with Crippen molar-refractivity contribution in [1.82, 2.24) is 0 Å². The largest absolute Gasteiger partial charge is 0.416 e. The highest BCUT2D eigenvalue weighted by Crippen LogP contribution is 2.35. The van der Waals surface area contributed by atoms with E-state index in [-0.39, 0.29) is 5.02 Å². The van der Waals surface area contributed by atoms with Crippen LogP contribution in [0.5, 0.6) is 0 Å². The third-order valence-electron chi connectivity index (χ3n) is 1.36. The fourth-order valence-corrected chi connectivity index (χ4v) is 1.96. The van der Waals surface area contributed by atoms with Crippen LogP contribution in [0.1, 0.15) is 5.56 Å². The van der Waals surface area contributed by atoms with Crippen molar-refractivity contribution in [2.45, 2.75) is 11.1 Å². The smallest absolute Gasteiger partial charge is 0.166 e. The van der Waals surface area contributed by atoms with Gasteiger partial charge in [-0.15, -0.1) is 11.7 Å². The van der Waals surface area contributed by atoms with Crippen molar-refractivity contribution in [2.24, 2.45) is 0 Å². The first kappa shape index (κ1) is 11.1. The molecule has 0 nitrogen and oxygen atoms in total. The van der Waals surface area contributed by atoms with Crippen molar-refractivity contribution < 1.29 is 13.2 Å². The number of halogens is 4. The van der Waals surface area contributed by atoms with Crippen LogP contribution in [0.2, 0.25) is 5.02 Å². The van der Waals surface area contributed by atoms with Gasteiger partial charge in [-0.1, -0.05) is 22.4 Å². The van der Waals surface area contributed by atoms with Crippen LogP contribution in [0.3, 0.4) is 0 Å². The number of benzene rings is 1. The summed E-state index contributed by atoms with van der Waals surface area (Å²) in [5, 5.41) is 0.0647. The maximum atomic E-state index is 12.1. The van der Waals surface area contributed by atoms with Gasteiger partial charge in [-0.25, -0.2) is 0 Å².